The molecule has 9 nitrogen and oxygen atoms in total. The Hall–Kier alpha value is -3.89. The first-order chi connectivity index (χ1) is 16.2. The number of likely N-dealkylation sites (tertiary alicyclic amines) is 1. The molecule has 1 saturated heterocycles. The van der Waals surface area contributed by atoms with E-state index in [9.17, 15) is 23.1 Å². The number of aliphatic hydroxyl groups excluding tert-OH is 1. The Morgan fingerprint density at radius 2 is 1.65 bits per heavy atom. The van der Waals surface area contributed by atoms with E-state index < -0.39 is 33.5 Å². The number of sulfonamides is 1. The maximum Gasteiger partial charge on any atom is 0.295 e. The molecular weight excluding hydrogens is 456 g/mol. The molecule has 1 atom stereocenters. The van der Waals surface area contributed by atoms with E-state index in [-0.39, 0.29) is 22.6 Å². The van der Waals surface area contributed by atoms with Crippen molar-refractivity contribution in [3.05, 3.63) is 95.6 Å². The second kappa shape index (κ2) is 9.16. The third kappa shape index (κ3) is 4.20. The monoisotopic (exact) mass is 478 g/mol. The largest absolute Gasteiger partial charge is 0.507 e. The van der Waals surface area contributed by atoms with Crippen molar-refractivity contribution in [1.82, 2.24) is 19.2 Å². The molecule has 1 fully saturated rings. The van der Waals surface area contributed by atoms with Crippen molar-refractivity contribution in [3.63, 3.8) is 0 Å². The van der Waals surface area contributed by atoms with Gasteiger partial charge in [-0.25, -0.2) is 12.7 Å². The lowest BCUT2D eigenvalue weighted by molar-refractivity contribution is -0.140. The van der Waals surface area contributed by atoms with Crippen LogP contribution in [-0.4, -0.2) is 58.5 Å². The molecule has 0 radical (unpaired) electrons. The van der Waals surface area contributed by atoms with E-state index in [1.54, 1.807) is 42.9 Å². The van der Waals surface area contributed by atoms with Crippen LogP contribution in [0.25, 0.3) is 5.76 Å². The van der Waals surface area contributed by atoms with Crippen LogP contribution in [-0.2, 0) is 26.2 Å². The molecule has 1 aliphatic rings. The Morgan fingerprint density at radius 1 is 1.00 bits per heavy atom. The molecule has 1 amide bonds. The Morgan fingerprint density at radius 3 is 2.21 bits per heavy atom. The molecule has 3 heterocycles. The van der Waals surface area contributed by atoms with Crippen molar-refractivity contribution in [3.8, 4) is 0 Å². The molecule has 1 aromatic carbocycles. The van der Waals surface area contributed by atoms with E-state index >= 15 is 0 Å². The minimum absolute atomic E-state index is 0.0369. The number of nitrogens with zero attached hydrogens (tertiary/aromatic N) is 4. The average molecular weight is 479 g/mol. The average Bonchev–Trinajstić information content (AvgIpc) is 3.09. The normalized spacial score (nSPS) is 18.0. The topological polar surface area (TPSA) is 121 Å². The van der Waals surface area contributed by atoms with E-state index in [4.69, 9.17) is 0 Å². The first kappa shape index (κ1) is 23.3. The van der Waals surface area contributed by atoms with Crippen LogP contribution in [0.5, 0.6) is 0 Å². The fraction of sp³-hybridized carbons (Fsp3) is 0.167. The van der Waals surface area contributed by atoms with Crippen LogP contribution in [0.15, 0.2) is 83.8 Å². The van der Waals surface area contributed by atoms with Gasteiger partial charge in [-0.1, -0.05) is 12.1 Å². The van der Waals surface area contributed by atoms with Gasteiger partial charge in [0.1, 0.15) is 5.76 Å². The quantitative estimate of drug-likeness (QED) is 0.328. The zero-order chi connectivity index (χ0) is 24.5. The van der Waals surface area contributed by atoms with Gasteiger partial charge in [0, 0.05) is 51.0 Å². The molecule has 0 bridgehead atoms. The molecule has 174 valence electrons. The predicted octanol–water partition coefficient (Wildman–Crippen LogP) is 2.35. The summed E-state index contributed by atoms with van der Waals surface area (Å²) in [4.78, 5) is 35.6. The smallest absolute Gasteiger partial charge is 0.295 e. The molecule has 0 saturated carbocycles. The lowest BCUT2D eigenvalue weighted by Gasteiger charge is -2.25. The van der Waals surface area contributed by atoms with Crippen molar-refractivity contribution in [2.75, 3.05) is 14.1 Å². The molecule has 0 aliphatic carbocycles. The molecule has 1 N–H and O–H groups in total. The van der Waals surface area contributed by atoms with Crippen LogP contribution in [0.1, 0.15) is 22.7 Å². The molecule has 0 spiro atoms. The summed E-state index contributed by atoms with van der Waals surface area (Å²) < 4.78 is 25.8. The highest BCUT2D eigenvalue weighted by Gasteiger charge is 2.46. The molecule has 3 aromatic rings. The van der Waals surface area contributed by atoms with Gasteiger partial charge in [-0.3, -0.25) is 19.6 Å². The molecule has 2 aromatic heterocycles. The number of hydrogen-bond acceptors (Lipinski definition) is 7. The summed E-state index contributed by atoms with van der Waals surface area (Å²) >= 11 is 0. The van der Waals surface area contributed by atoms with Gasteiger partial charge in [-0.05, 0) is 47.5 Å². The van der Waals surface area contributed by atoms with Gasteiger partial charge in [0.2, 0.25) is 10.0 Å². The highest BCUT2D eigenvalue weighted by Crippen LogP contribution is 2.40. The summed E-state index contributed by atoms with van der Waals surface area (Å²) in [6, 6.07) is 11.5. The maximum atomic E-state index is 13.1. The minimum atomic E-state index is -3.66. The summed E-state index contributed by atoms with van der Waals surface area (Å²) in [7, 11) is -0.828. The number of rotatable bonds is 6. The van der Waals surface area contributed by atoms with E-state index in [0.717, 1.165) is 9.87 Å². The number of hydrogen-bond donors (Lipinski definition) is 1. The summed E-state index contributed by atoms with van der Waals surface area (Å²) in [5, 5.41) is 11.1. The number of benzene rings is 1. The van der Waals surface area contributed by atoms with Crippen LogP contribution in [0.2, 0.25) is 0 Å². The van der Waals surface area contributed by atoms with Crippen LogP contribution >= 0.6 is 0 Å². The SMILES string of the molecule is CN(C)S(=O)(=O)c1ccc(C(O)=C2C(=O)C(=O)N(Cc3cccnc3)[C@@H]2c2cccnc2)cc1. The van der Waals surface area contributed by atoms with Gasteiger partial charge in [-0.2, -0.15) is 0 Å². The second-order valence-corrected chi connectivity index (χ2v) is 10.0. The van der Waals surface area contributed by atoms with Crippen molar-refractivity contribution in [1.29, 1.82) is 0 Å². The van der Waals surface area contributed by atoms with Gasteiger partial charge in [0.15, 0.2) is 0 Å². The number of carbonyl (C=O) groups is 2. The standard InChI is InChI=1S/C24H22N4O5S/c1-27(2)34(32,33)19-9-7-17(8-10-19)22(29)20-21(18-6-4-12-26-14-18)28(24(31)23(20)30)15-16-5-3-11-25-13-16/h3-14,21,29H,15H2,1-2H3/t21-/m1/s1. The van der Waals surface area contributed by atoms with Crippen LogP contribution in [0, 0.1) is 0 Å². The lowest BCUT2D eigenvalue weighted by Crippen LogP contribution is -2.29. The molecule has 4 rings (SSSR count). The number of carbonyl (C=O) groups excluding carboxylic acids is 2. The first-order valence-electron chi connectivity index (χ1n) is 10.3. The van der Waals surface area contributed by atoms with E-state index in [0.29, 0.717) is 5.56 Å². The Kier molecular flexibility index (Phi) is 6.27. The third-order valence-electron chi connectivity index (χ3n) is 5.52. The van der Waals surface area contributed by atoms with E-state index in [1.165, 1.54) is 49.5 Å². The molecule has 10 heteroatoms. The van der Waals surface area contributed by atoms with Crippen LogP contribution in [0.3, 0.4) is 0 Å². The van der Waals surface area contributed by atoms with Crippen molar-refractivity contribution < 1.29 is 23.1 Å². The van der Waals surface area contributed by atoms with E-state index in [1.807, 2.05) is 0 Å². The number of aromatic nitrogens is 2. The minimum Gasteiger partial charge on any atom is -0.507 e. The van der Waals surface area contributed by atoms with Crippen molar-refractivity contribution in [2.45, 2.75) is 17.5 Å². The highest BCUT2D eigenvalue weighted by molar-refractivity contribution is 7.89. The Balaban J connectivity index is 1.81. The number of Topliss-reactive ketones (excluding diaryl/α,β-unsaturated/α-hetero) is 1. The van der Waals surface area contributed by atoms with Crippen molar-refractivity contribution >= 4 is 27.5 Å². The van der Waals surface area contributed by atoms with Crippen LogP contribution < -0.4 is 0 Å². The summed E-state index contributed by atoms with van der Waals surface area (Å²) in [5.74, 6) is -1.99. The van der Waals surface area contributed by atoms with Gasteiger partial charge in [0.25, 0.3) is 11.7 Å². The van der Waals surface area contributed by atoms with Crippen molar-refractivity contribution in [2.24, 2.45) is 0 Å². The Bertz CT molecular complexity index is 1360. The third-order valence-corrected chi connectivity index (χ3v) is 7.35. The zero-order valence-corrected chi connectivity index (χ0v) is 19.3. The fourth-order valence-electron chi connectivity index (χ4n) is 3.77. The highest BCUT2D eigenvalue weighted by atomic mass is 32.2. The van der Waals surface area contributed by atoms with Gasteiger partial charge >= 0.3 is 0 Å². The molecule has 0 unspecified atom stereocenters. The summed E-state index contributed by atoms with van der Waals surface area (Å²) in [6.07, 6.45) is 6.31. The van der Waals surface area contributed by atoms with Gasteiger partial charge in [0.05, 0.1) is 16.5 Å². The van der Waals surface area contributed by atoms with Crippen LogP contribution in [0.4, 0.5) is 0 Å². The van der Waals surface area contributed by atoms with Gasteiger partial charge < -0.3 is 10.0 Å². The predicted molar refractivity (Wildman–Crippen MR) is 124 cm³/mol. The first-order valence-corrected chi connectivity index (χ1v) is 11.8. The van der Waals surface area contributed by atoms with Gasteiger partial charge in [-0.15, -0.1) is 0 Å². The fourth-order valence-corrected chi connectivity index (χ4v) is 4.67. The lowest BCUT2D eigenvalue weighted by atomic mass is 9.96. The number of amides is 1. The molecule has 1 aliphatic heterocycles. The Labute approximate surface area is 197 Å². The summed E-state index contributed by atoms with van der Waals surface area (Å²) in [5.41, 5.74) is 1.39. The summed E-state index contributed by atoms with van der Waals surface area (Å²) in [6.45, 7) is 0.106. The molecule has 34 heavy (non-hydrogen) atoms. The van der Waals surface area contributed by atoms with E-state index in [2.05, 4.69) is 9.97 Å². The number of aliphatic hydroxyl groups is 1. The zero-order valence-electron chi connectivity index (χ0n) is 18.5. The molecular formula is C24H22N4O5S. The second-order valence-electron chi connectivity index (χ2n) is 7.89. The number of pyridine rings is 2. The number of ketones is 1. The maximum absolute atomic E-state index is 13.1.